The molecule has 0 unspecified atom stereocenters. The van der Waals surface area contributed by atoms with E-state index in [1.54, 1.807) is 12.4 Å². The van der Waals surface area contributed by atoms with Gasteiger partial charge >= 0.3 is 0 Å². The van der Waals surface area contributed by atoms with E-state index < -0.39 is 0 Å². The number of nitrogens with zero attached hydrogens (tertiary/aromatic N) is 3. The smallest absolute Gasteiger partial charge is 0.0737 e. The van der Waals surface area contributed by atoms with E-state index in [0.717, 1.165) is 36.1 Å². The highest BCUT2D eigenvalue weighted by Crippen LogP contribution is 2.24. The molecule has 20 heavy (non-hydrogen) atoms. The van der Waals surface area contributed by atoms with Crippen molar-refractivity contribution in [1.82, 2.24) is 14.8 Å². The topological polar surface area (TPSA) is 42.7 Å². The van der Waals surface area contributed by atoms with E-state index in [4.69, 9.17) is 11.6 Å². The fraction of sp³-hybridized carbons (Fsp3) is 0.200. The van der Waals surface area contributed by atoms with Crippen LogP contribution in [0.15, 0.2) is 48.9 Å². The lowest BCUT2D eigenvalue weighted by Gasteiger charge is -2.09. The number of fused-ring (bicyclic) bond motifs is 1. The molecule has 1 N–H and O–H groups in total. The van der Waals surface area contributed by atoms with E-state index in [1.165, 1.54) is 0 Å². The zero-order chi connectivity index (χ0) is 13.8. The van der Waals surface area contributed by atoms with Crippen LogP contribution in [0.5, 0.6) is 0 Å². The molecule has 0 aliphatic rings. The van der Waals surface area contributed by atoms with Crippen molar-refractivity contribution < 1.29 is 0 Å². The molecule has 0 fully saturated rings. The molecule has 0 aliphatic heterocycles. The third kappa shape index (κ3) is 2.91. The molecule has 5 heteroatoms. The molecular formula is C15H15ClN4. The third-order valence-corrected chi connectivity index (χ3v) is 3.38. The van der Waals surface area contributed by atoms with Crippen LogP contribution < -0.4 is 5.32 Å². The van der Waals surface area contributed by atoms with Gasteiger partial charge < -0.3 is 5.32 Å². The molecule has 0 aliphatic carbocycles. The van der Waals surface area contributed by atoms with Crippen LogP contribution in [-0.4, -0.2) is 21.3 Å². The average molecular weight is 287 g/mol. The van der Waals surface area contributed by atoms with E-state index in [9.17, 15) is 0 Å². The van der Waals surface area contributed by atoms with Gasteiger partial charge in [-0.1, -0.05) is 11.6 Å². The molecule has 4 nitrogen and oxygen atoms in total. The minimum absolute atomic E-state index is 0.709. The minimum atomic E-state index is 0.709. The molecule has 3 rings (SSSR count). The van der Waals surface area contributed by atoms with Crippen molar-refractivity contribution in [1.29, 1.82) is 0 Å². The summed E-state index contributed by atoms with van der Waals surface area (Å²) in [5.41, 5.74) is 2.00. The van der Waals surface area contributed by atoms with Gasteiger partial charge in [0.05, 0.1) is 5.52 Å². The van der Waals surface area contributed by atoms with Crippen molar-refractivity contribution in [2.45, 2.75) is 13.0 Å². The van der Waals surface area contributed by atoms with Crippen LogP contribution >= 0.6 is 11.6 Å². The Labute approximate surface area is 122 Å². The lowest BCUT2D eigenvalue weighted by Crippen LogP contribution is -2.07. The van der Waals surface area contributed by atoms with E-state index in [0.29, 0.717) is 5.02 Å². The molecule has 0 saturated carbocycles. The minimum Gasteiger partial charge on any atom is -0.384 e. The molecule has 1 aromatic carbocycles. The van der Waals surface area contributed by atoms with Crippen LogP contribution in [0.25, 0.3) is 10.9 Å². The maximum Gasteiger partial charge on any atom is 0.0737 e. The molecule has 0 atom stereocenters. The van der Waals surface area contributed by atoms with Gasteiger partial charge in [-0.05, 0) is 36.8 Å². The van der Waals surface area contributed by atoms with Gasteiger partial charge in [0, 0.05) is 47.8 Å². The van der Waals surface area contributed by atoms with Crippen LogP contribution in [-0.2, 0) is 6.54 Å². The Morgan fingerprint density at radius 1 is 1.20 bits per heavy atom. The van der Waals surface area contributed by atoms with Gasteiger partial charge in [-0.2, -0.15) is 5.10 Å². The third-order valence-electron chi connectivity index (χ3n) is 3.14. The summed E-state index contributed by atoms with van der Waals surface area (Å²) >= 11 is 5.98. The quantitative estimate of drug-likeness (QED) is 0.729. The Balaban J connectivity index is 1.65. The average Bonchev–Trinajstić information content (AvgIpc) is 2.96. The summed E-state index contributed by atoms with van der Waals surface area (Å²) < 4.78 is 1.94. The fourth-order valence-electron chi connectivity index (χ4n) is 2.17. The summed E-state index contributed by atoms with van der Waals surface area (Å²) in [6, 6.07) is 9.70. The number of pyridine rings is 1. The van der Waals surface area contributed by atoms with Gasteiger partial charge in [-0.3, -0.25) is 9.67 Å². The zero-order valence-corrected chi connectivity index (χ0v) is 11.7. The molecule has 0 radical (unpaired) electrons. The van der Waals surface area contributed by atoms with Crippen LogP contribution in [0, 0.1) is 0 Å². The van der Waals surface area contributed by atoms with E-state index in [2.05, 4.69) is 15.4 Å². The molecular weight excluding hydrogens is 272 g/mol. The van der Waals surface area contributed by atoms with Gasteiger partial charge in [-0.15, -0.1) is 0 Å². The molecule has 2 aromatic heterocycles. The molecule has 102 valence electrons. The monoisotopic (exact) mass is 286 g/mol. The number of nitrogens with one attached hydrogen (secondary N) is 1. The standard InChI is InChI=1S/C15H15ClN4/c16-12-3-4-13-14(5-8-18-15(13)11-12)17-6-1-9-20-10-2-7-19-20/h2-5,7-8,10-11H,1,6,9H2,(H,17,18). The van der Waals surface area contributed by atoms with Gasteiger partial charge in [0.1, 0.15) is 0 Å². The number of hydrogen-bond donors (Lipinski definition) is 1. The maximum absolute atomic E-state index is 5.98. The maximum atomic E-state index is 5.98. The number of aryl methyl sites for hydroxylation is 1. The lowest BCUT2D eigenvalue weighted by molar-refractivity contribution is 0.592. The Hall–Kier alpha value is -2.07. The molecule has 0 bridgehead atoms. The highest BCUT2D eigenvalue weighted by Gasteiger charge is 2.02. The summed E-state index contributed by atoms with van der Waals surface area (Å²) in [7, 11) is 0. The molecule has 2 heterocycles. The number of hydrogen-bond acceptors (Lipinski definition) is 3. The molecule has 0 spiro atoms. The molecule has 3 aromatic rings. The van der Waals surface area contributed by atoms with Crippen molar-refractivity contribution in [3.05, 3.63) is 53.9 Å². The van der Waals surface area contributed by atoms with E-state index in [-0.39, 0.29) is 0 Å². The number of anilines is 1. The Morgan fingerprint density at radius 3 is 3.00 bits per heavy atom. The molecule has 0 amide bonds. The van der Waals surface area contributed by atoms with Crippen molar-refractivity contribution in [2.75, 3.05) is 11.9 Å². The second-order valence-corrected chi connectivity index (χ2v) is 5.01. The number of halogens is 1. The largest absolute Gasteiger partial charge is 0.384 e. The van der Waals surface area contributed by atoms with Crippen molar-refractivity contribution in [2.24, 2.45) is 0 Å². The first-order valence-corrected chi connectivity index (χ1v) is 6.96. The first-order chi connectivity index (χ1) is 9.83. The second kappa shape index (κ2) is 5.92. The van der Waals surface area contributed by atoms with Crippen LogP contribution in [0.3, 0.4) is 0 Å². The first-order valence-electron chi connectivity index (χ1n) is 6.58. The van der Waals surface area contributed by atoms with Crippen molar-refractivity contribution >= 4 is 28.2 Å². The molecule has 0 saturated heterocycles. The van der Waals surface area contributed by atoms with Gasteiger partial charge in [0.15, 0.2) is 0 Å². The summed E-state index contributed by atoms with van der Waals surface area (Å²) in [6.07, 6.45) is 6.59. The summed E-state index contributed by atoms with van der Waals surface area (Å²) in [5.74, 6) is 0. The highest BCUT2D eigenvalue weighted by molar-refractivity contribution is 6.31. The van der Waals surface area contributed by atoms with E-state index >= 15 is 0 Å². The van der Waals surface area contributed by atoms with Crippen LogP contribution in [0.2, 0.25) is 5.02 Å². The SMILES string of the molecule is Clc1ccc2c(NCCCn3cccn3)ccnc2c1. The Morgan fingerprint density at radius 2 is 2.15 bits per heavy atom. The Bertz CT molecular complexity index is 694. The van der Waals surface area contributed by atoms with Crippen molar-refractivity contribution in [3.63, 3.8) is 0 Å². The number of benzene rings is 1. The normalized spacial score (nSPS) is 10.8. The second-order valence-electron chi connectivity index (χ2n) is 4.57. The van der Waals surface area contributed by atoms with Crippen LogP contribution in [0.4, 0.5) is 5.69 Å². The predicted molar refractivity (Wildman–Crippen MR) is 82.1 cm³/mol. The summed E-state index contributed by atoms with van der Waals surface area (Å²) in [5, 5.41) is 9.43. The first kappa shape index (κ1) is 12.9. The van der Waals surface area contributed by atoms with Gasteiger partial charge in [0.25, 0.3) is 0 Å². The summed E-state index contributed by atoms with van der Waals surface area (Å²) in [6.45, 7) is 1.80. The zero-order valence-electron chi connectivity index (χ0n) is 11.0. The van der Waals surface area contributed by atoms with Gasteiger partial charge in [-0.25, -0.2) is 0 Å². The fourth-order valence-corrected chi connectivity index (χ4v) is 2.34. The summed E-state index contributed by atoms with van der Waals surface area (Å²) in [4.78, 5) is 4.33. The van der Waals surface area contributed by atoms with Crippen molar-refractivity contribution in [3.8, 4) is 0 Å². The lowest BCUT2D eigenvalue weighted by atomic mass is 10.2. The number of rotatable bonds is 5. The highest BCUT2D eigenvalue weighted by atomic mass is 35.5. The Kier molecular flexibility index (Phi) is 3.83. The van der Waals surface area contributed by atoms with E-state index in [1.807, 2.05) is 41.2 Å². The van der Waals surface area contributed by atoms with Gasteiger partial charge in [0.2, 0.25) is 0 Å². The predicted octanol–water partition coefficient (Wildman–Crippen LogP) is 3.59. The number of aromatic nitrogens is 3. The van der Waals surface area contributed by atoms with Crippen LogP contribution in [0.1, 0.15) is 6.42 Å².